The third-order valence-corrected chi connectivity index (χ3v) is 7.62. The zero-order chi connectivity index (χ0) is 22.8. The first kappa shape index (κ1) is 23.5. The van der Waals surface area contributed by atoms with Gasteiger partial charge >= 0.3 is 6.03 Å². The van der Waals surface area contributed by atoms with Crippen LogP contribution in [0, 0.1) is 17.8 Å². The maximum atomic E-state index is 13.6. The summed E-state index contributed by atoms with van der Waals surface area (Å²) in [5.41, 5.74) is -0.956. The Labute approximate surface area is 185 Å². The van der Waals surface area contributed by atoms with Crippen LogP contribution in [-0.2, 0) is 14.4 Å². The highest BCUT2D eigenvalue weighted by Gasteiger charge is 2.51. The highest BCUT2D eigenvalue weighted by atomic mass is 16.2. The van der Waals surface area contributed by atoms with Crippen molar-refractivity contribution < 1.29 is 19.2 Å². The maximum absolute atomic E-state index is 13.6. The quantitative estimate of drug-likeness (QED) is 0.622. The van der Waals surface area contributed by atoms with E-state index in [1.807, 2.05) is 4.90 Å². The van der Waals surface area contributed by atoms with Gasteiger partial charge in [-0.25, -0.2) is 4.79 Å². The fourth-order valence-corrected chi connectivity index (χ4v) is 5.31. The minimum absolute atomic E-state index is 0.00640. The number of carbonyl (C=O) groups excluding carboxylic acids is 4. The molecule has 174 valence electrons. The second kappa shape index (κ2) is 9.57. The highest BCUT2D eigenvalue weighted by Crippen LogP contribution is 2.36. The van der Waals surface area contributed by atoms with Crippen LogP contribution in [0.1, 0.15) is 65.2 Å². The molecular formula is C23H38N4O4. The van der Waals surface area contributed by atoms with Crippen LogP contribution in [0.4, 0.5) is 4.79 Å². The lowest BCUT2D eigenvalue weighted by molar-refractivity contribution is -0.145. The van der Waals surface area contributed by atoms with E-state index in [1.165, 1.54) is 9.80 Å². The standard InChI is InChI=1S/C23H38N4O4/c1-23(2)21(30)27(22(31)25(23)4)15-18(19(28)24-3)17(14-16-10-6-7-11-16)20(29)26-12-8-5-9-13-26/h16-18H,5-15H2,1-4H3,(H,24,28)/t17-,18+/m1/s1. The summed E-state index contributed by atoms with van der Waals surface area (Å²) in [6, 6.07) is -0.408. The minimum Gasteiger partial charge on any atom is -0.359 e. The number of rotatable bonds is 7. The van der Waals surface area contributed by atoms with Gasteiger partial charge in [-0.3, -0.25) is 19.3 Å². The summed E-state index contributed by atoms with van der Waals surface area (Å²) >= 11 is 0. The molecule has 5 amide bonds. The highest BCUT2D eigenvalue weighted by molar-refractivity contribution is 6.06. The predicted molar refractivity (Wildman–Crippen MR) is 117 cm³/mol. The fraction of sp³-hybridized carbons (Fsp3) is 0.826. The molecule has 2 heterocycles. The Morgan fingerprint density at radius 2 is 1.65 bits per heavy atom. The summed E-state index contributed by atoms with van der Waals surface area (Å²) in [6.07, 6.45) is 8.17. The average molecular weight is 435 g/mol. The third-order valence-electron chi connectivity index (χ3n) is 7.62. The van der Waals surface area contributed by atoms with Crippen molar-refractivity contribution >= 4 is 23.8 Å². The van der Waals surface area contributed by atoms with Crippen LogP contribution in [-0.4, -0.2) is 77.7 Å². The van der Waals surface area contributed by atoms with E-state index in [2.05, 4.69) is 5.32 Å². The Morgan fingerprint density at radius 1 is 1.03 bits per heavy atom. The Bertz CT molecular complexity index is 710. The molecule has 0 aromatic rings. The number of amides is 5. The lowest BCUT2D eigenvalue weighted by Crippen LogP contribution is -2.50. The van der Waals surface area contributed by atoms with Crippen LogP contribution < -0.4 is 5.32 Å². The molecule has 8 heteroatoms. The lowest BCUT2D eigenvalue weighted by atomic mass is 9.81. The number of likely N-dealkylation sites (tertiary alicyclic amines) is 1. The van der Waals surface area contributed by atoms with E-state index in [4.69, 9.17) is 0 Å². The first-order valence-electron chi connectivity index (χ1n) is 11.8. The monoisotopic (exact) mass is 434 g/mol. The molecule has 3 fully saturated rings. The van der Waals surface area contributed by atoms with Crippen molar-refractivity contribution in [3.8, 4) is 0 Å². The number of piperidine rings is 1. The van der Waals surface area contributed by atoms with Gasteiger partial charge in [-0.1, -0.05) is 25.7 Å². The van der Waals surface area contributed by atoms with Crippen molar-refractivity contribution in [3.63, 3.8) is 0 Å². The maximum Gasteiger partial charge on any atom is 0.327 e. The van der Waals surface area contributed by atoms with E-state index in [0.29, 0.717) is 12.3 Å². The Kier molecular flexibility index (Phi) is 7.27. The van der Waals surface area contributed by atoms with Crippen LogP contribution in [0.3, 0.4) is 0 Å². The number of imide groups is 1. The SMILES string of the molecule is CNC(=O)[C@@H](CN1C(=O)N(C)C(C)(C)C1=O)[C@@H](CC1CCCC1)C(=O)N1CCCCC1. The topological polar surface area (TPSA) is 90.0 Å². The Balaban J connectivity index is 1.88. The van der Waals surface area contributed by atoms with E-state index in [0.717, 1.165) is 58.0 Å². The molecule has 0 spiro atoms. The number of hydrogen-bond acceptors (Lipinski definition) is 4. The fourth-order valence-electron chi connectivity index (χ4n) is 5.31. The van der Waals surface area contributed by atoms with Crippen LogP contribution in [0.2, 0.25) is 0 Å². The first-order chi connectivity index (χ1) is 14.7. The largest absolute Gasteiger partial charge is 0.359 e. The molecule has 1 aliphatic carbocycles. The molecule has 8 nitrogen and oxygen atoms in total. The van der Waals surface area contributed by atoms with Gasteiger partial charge in [-0.15, -0.1) is 0 Å². The number of hydrogen-bond donors (Lipinski definition) is 1. The zero-order valence-electron chi connectivity index (χ0n) is 19.5. The Morgan fingerprint density at radius 3 is 2.16 bits per heavy atom. The molecule has 1 saturated carbocycles. The summed E-state index contributed by atoms with van der Waals surface area (Å²) < 4.78 is 0. The van der Waals surface area contributed by atoms with Crippen LogP contribution >= 0.6 is 0 Å². The number of carbonyl (C=O) groups is 4. The van der Waals surface area contributed by atoms with Gasteiger partial charge in [-0.05, 0) is 45.4 Å². The molecule has 3 rings (SSSR count). The summed E-state index contributed by atoms with van der Waals surface area (Å²) in [5.74, 6) is -1.44. The molecule has 0 aromatic carbocycles. The van der Waals surface area contributed by atoms with Gasteiger partial charge in [0.05, 0.1) is 11.8 Å². The summed E-state index contributed by atoms with van der Waals surface area (Å²) in [6.45, 7) is 4.80. The molecule has 0 unspecified atom stereocenters. The molecule has 2 aliphatic heterocycles. The van der Waals surface area contributed by atoms with Gasteiger partial charge in [0.1, 0.15) is 5.54 Å². The second-order valence-corrected chi connectivity index (χ2v) is 9.92. The predicted octanol–water partition coefficient (Wildman–Crippen LogP) is 2.23. The number of likely N-dealkylation sites (N-methyl/N-ethyl adjacent to an activating group) is 1. The molecular weight excluding hydrogens is 396 g/mol. The minimum atomic E-state index is -0.956. The van der Waals surface area contributed by atoms with Crippen molar-refractivity contribution in [2.75, 3.05) is 33.7 Å². The van der Waals surface area contributed by atoms with Gasteiger partial charge in [0.25, 0.3) is 5.91 Å². The number of urea groups is 1. The molecule has 2 saturated heterocycles. The van der Waals surface area contributed by atoms with Crippen LogP contribution in [0.15, 0.2) is 0 Å². The van der Waals surface area contributed by atoms with Crippen molar-refractivity contribution in [1.82, 2.24) is 20.0 Å². The molecule has 0 bridgehead atoms. The Hall–Kier alpha value is -2.12. The van der Waals surface area contributed by atoms with Crippen molar-refractivity contribution in [2.45, 2.75) is 70.8 Å². The van der Waals surface area contributed by atoms with Crippen molar-refractivity contribution in [2.24, 2.45) is 17.8 Å². The molecule has 1 N–H and O–H groups in total. The molecule has 3 aliphatic rings. The average Bonchev–Trinajstić information content (AvgIpc) is 3.34. The van der Waals surface area contributed by atoms with Crippen molar-refractivity contribution in [3.05, 3.63) is 0 Å². The summed E-state index contributed by atoms with van der Waals surface area (Å²) in [5, 5.41) is 2.69. The molecule has 2 atom stereocenters. The van der Waals surface area contributed by atoms with Gasteiger partial charge < -0.3 is 15.1 Å². The number of nitrogens with zero attached hydrogens (tertiary/aromatic N) is 3. The lowest BCUT2D eigenvalue weighted by Gasteiger charge is -2.35. The van der Waals surface area contributed by atoms with E-state index < -0.39 is 23.4 Å². The summed E-state index contributed by atoms with van der Waals surface area (Å²) in [7, 11) is 3.15. The van der Waals surface area contributed by atoms with E-state index in [9.17, 15) is 19.2 Å². The molecule has 31 heavy (non-hydrogen) atoms. The first-order valence-corrected chi connectivity index (χ1v) is 11.8. The van der Waals surface area contributed by atoms with Gasteiger partial charge in [-0.2, -0.15) is 0 Å². The summed E-state index contributed by atoms with van der Waals surface area (Å²) in [4.78, 5) is 56.9. The van der Waals surface area contributed by atoms with Gasteiger partial charge in [0, 0.05) is 33.7 Å². The third kappa shape index (κ3) is 4.72. The van der Waals surface area contributed by atoms with Crippen LogP contribution in [0.5, 0.6) is 0 Å². The zero-order valence-corrected chi connectivity index (χ0v) is 19.5. The van der Waals surface area contributed by atoms with E-state index in [-0.39, 0.29) is 24.3 Å². The normalized spacial score (nSPS) is 23.9. The second-order valence-electron chi connectivity index (χ2n) is 9.92. The van der Waals surface area contributed by atoms with Crippen molar-refractivity contribution in [1.29, 1.82) is 0 Å². The van der Waals surface area contributed by atoms with E-state index in [1.54, 1.807) is 27.9 Å². The van der Waals surface area contributed by atoms with E-state index >= 15 is 0 Å². The number of nitrogens with one attached hydrogen (secondary N) is 1. The van der Waals surface area contributed by atoms with Gasteiger partial charge in [0.2, 0.25) is 11.8 Å². The molecule has 0 radical (unpaired) electrons. The van der Waals surface area contributed by atoms with Crippen LogP contribution in [0.25, 0.3) is 0 Å². The van der Waals surface area contributed by atoms with Gasteiger partial charge in [0.15, 0.2) is 0 Å². The molecule has 0 aromatic heterocycles. The smallest absolute Gasteiger partial charge is 0.327 e.